The van der Waals surface area contributed by atoms with E-state index in [1.54, 1.807) is 36.5 Å². The van der Waals surface area contributed by atoms with Crippen molar-refractivity contribution in [3.63, 3.8) is 0 Å². The maximum absolute atomic E-state index is 12.9. The standard InChI is InChI=1S/C21H21N3O3/c1-4-24-12-18(20(26)17-10-13(2)8-9-19(17)24)21(27)23-16-7-5-6-15(11-16)22-14(3)25/h5-12H,4H2,1-3H3,(H,22,25)(H,23,27). The van der Waals surface area contributed by atoms with Gasteiger partial charge in [-0.1, -0.05) is 17.7 Å². The Morgan fingerprint density at radius 3 is 2.41 bits per heavy atom. The van der Waals surface area contributed by atoms with E-state index in [-0.39, 0.29) is 16.9 Å². The molecule has 0 aliphatic heterocycles. The lowest BCUT2D eigenvalue weighted by Crippen LogP contribution is -2.24. The van der Waals surface area contributed by atoms with Gasteiger partial charge in [0.15, 0.2) is 0 Å². The topological polar surface area (TPSA) is 80.2 Å². The lowest BCUT2D eigenvalue weighted by atomic mass is 10.1. The van der Waals surface area contributed by atoms with Gasteiger partial charge in [-0.15, -0.1) is 0 Å². The monoisotopic (exact) mass is 363 g/mol. The average Bonchev–Trinajstić information content (AvgIpc) is 2.62. The predicted octanol–water partition coefficient (Wildman–Crippen LogP) is 3.54. The Bertz CT molecular complexity index is 1100. The fraction of sp³-hybridized carbons (Fsp3) is 0.190. The molecule has 0 atom stereocenters. The van der Waals surface area contributed by atoms with E-state index in [4.69, 9.17) is 0 Å². The largest absolute Gasteiger partial charge is 0.347 e. The van der Waals surface area contributed by atoms with Crippen molar-refractivity contribution >= 4 is 34.1 Å². The van der Waals surface area contributed by atoms with Crippen LogP contribution in [0, 0.1) is 6.92 Å². The minimum Gasteiger partial charge on any atom is -0.347 e. The van der Waals surface area contributed by atoms with Crippen LogP contribution in [0.25, 0.3) is 10.9 Å². The molecule has 6 nitrogen and oxygen atoms in total. The van der Waals surface area contributed by atoms with Gasteiger partial charge in [-0.2, -0.15) is 0 Å². The molecule has 0 radical (unpaired) electrons. The lowest BCUT2D eigenvalue weighted by molar-refractivity contribution is -0.114. The number of aryl methyl sites for hydroxylation is 2. The van der Waals surface area contributed by atoms with E-state index in [0.29, 0.717) is 23.3 Å². The Hall–Kier alpha value is -3.41. The molecule has 0 fully saturated rings. The molecule has 6 heteroatoms. The summed E-state index contributed by atoms with van der Waals surface area (Å²) < 4.78 is 1.89. The number of anilines is 2. The van der Waals surface area contributed by atoms with Crippen LogP contribution < -0.4 is 16.1 Å². The predicted molar refractivity (Wildman–Crippen MR) is 107 cm³/mol. The zero-order valence-corrected chi connectivity index (χ0v) is 15.5. The quantitative estimate of drug-likeness (QED) is 0.744. The molecule has 2 amide bonds. The molecule has 0 aliphatic rings. The Morgan fingerprint density at radius 1 is 1.04 bits per heavy atom. The Morgan fingerprint density at radius 2 is 1.74 bits per heavy atom. The van der Waals surface area contributed by atoms with E-state index in [9.17, 15) is 14.4 Å². The maximum Gasteiger partial charge on any atom is 0.261 e. The molecule has 0 unspecified atom stereocenters. The average molecular weight is 363 g/mol. The van der Waals surface area contributed by atoms with E-state index in [0.717, 1.165) is 11.1 Å². The minimum absolute atomic E-state index is 0.0832. The van der Waals surface area contributed by atoms with Crippen molar-refractivity contribution in [3.8, 4) is 0 Å². The van der Waals surface area contributed by atoms with Crippen molar-refractivity contribution in [1.82, 2.24) is 4.57 Å². The normalized spacial score (nSPS) is 10.6. The highest BCUT2D eigenvalue weighted by atomic mass is 16.2. The molecule has 3 rings (SSSR count). The molecule has 1 aromatic heterocycles. The Kier molecular flexibility index (Phi) is 5.07. The Labute approximate surface area is 156 Å². The van der Waals surface area contributed by atoms with Crippen LogP contribution in [0.1, 0.15) is 29.8 Å². The first-order valence-electron chi connectivity index (χ1n) is 8.72. The Balaban J connectivity index is 2.00. The van der Waals surface area contributed by atoms with E-state index in [1.807, 2.05) is 30.5 Å². The number of aromatic nitrogens is 1. The summed E-state index contributed by atoms with van der Waals surface area (Å²) in [4.78, 5) is 36.8. The second-order valence-corrected chi connectivity index (χ2v) is 6.39. The number of nitrogens with one attached hydrogen (secondary N) is 2. The molecular weight excluding hydrogens is 342 g/mol. The molecule has 0 spiro atoms. The number of hydrogen-bond acceptors (Lipinski definition) is 3. The summed E-state index contributed by atoms with van der Waals surface area (Å²) in [6.45, 7) is 5.92. The van der Waals surface area contributed by atoms with Crippen molar-refractivity contribution in [2.24, 2.45) is 0 Å². The number of pyridine rings is 1. The van der Waals surface area contributed by atoms with Crippen molar-refractivity contribution in [2.75, 3.05) is 10.6 Å². The van der Waals surface area contributed by atoms with Crippen LogP contribution in [0.4, 0.5) is 11.4 Å². The minimum atomic E-state index is -0.481. The van der Waals surface area contributed by atoms with Crippen molar-refractivity contribution in [1.29, 1.82) is 0 Å². The fourth-order valence-electron chi connectivity index (χ4n) is 3.01. The number of fused-ring (bicyclic) bond motifs is 1. The first kappa shape index (κ1) is 18.4. The van der Waals surface area contributed by atoms with E-state index in [2.05, 4.69) is 10.6 Å². The van der Waals surface area contributed by atoms with Crippen molar-refractivity contribution in [2.45, 2.75) is 27.3 Å². The third-order valence-electron chi connectivity index (χ3n) is 4.26. The highest BCUT2D eigenvalue weighted by Crippen LogP contribution is 2.17. The molecule has 3 aromatic rings. The number of carbonyl (C=O) groups is 2. The zero-order valence-electron chi connectivity index (χ0n) is 15.5. The van der Waals surface area contributed by atoms with Crippen LogP contribution in [0.5, 0.6) is 0 Å². The van der Waals surface area contributed by atoms with Gasteiger partial charge in [0.1, 0.15) is 5.56 Å². The molecule has 138 valence electrons. The number of benzene rings is 2. The van der Waals surface area contributed by atoms with Gasteiger partial charge in [-0.25, -0.2) is 0 Å². The van der Waals surface area contributed by atoms with E-state index in [1.165, 1.54) is 6.92 Å². The number of amides is 2. The van der Waals surface area contributed by atoms with Gasteiger partial charge in [-0.05, 0) is 44.2 Å². The maximum atomic E-state index is 12.9. The second kappa shape index (κ2) is 7.45. The van der Waals surface area contributed by atoms with Gasteiger partial charge in [-0.3, -0.25) is 14.4 Å². The highest BCUT2D eigenvalue weighted by Gasteiger charge is 2.15. The fourth-order valence-corrected chi connectivity index (χ4v) is 3.01. The van der Waals surface area contributed by atoms with Crippen LogP contribution in [-0.4, -0.2) is 16.4 Å². The molecule has 0 aliphatic carbocycles. The van der Waals surface area contributed by atoms with Gasteiger partial charge in [0.05, 0.1) is 5.52 Å². The zero-order chi connectivity index (χ0) is 19.6. The summed E-state index contributed by atoms with van der Waals surface area (Å²) in [6.07, 6.45) is 1.59. The second-order valence-electron chi connectivity index (χ2n) is 6.39. The number of rotatable bonds is 4. The molecule has 27 heavy (non-hydrogen) atoms. The number of carbonyl (C=O) groups excluding carboxylic acids is 2. The lowest BCUT2D eigenvalue weighted by Gasteiger charge is -2.13. The van der Waals surface area contributed by atoms with Crippen molar-refractivity contribution in [3.05, 3.63) is 70.0 Å². The first-order chi connectivity index (χ1) is 12.9. The molecule has 0 saturated heterocycles. The summed E-state index contributed by atoms with van der Waals surface area (Å²) >= 11 is 0. The third kappa shape index (κ3) is 3.89. The van der Waals surface area contributed by atoms with Crippen LogP contribution in [-0.2, 0) is 11.3 Å². The van der Waals surface area contributed by atoms with Crippen LogP contribution >= 0.6 is 0 Å². The molecule has 1 heterocycles. The van der Waals surface area contributed by atoms with Crippen LogP contribution in [0.2, 0.25) is 0 Å². The van der Waals surface area contributed by atoms with Gasteiger partial charge >= 0.3 is 0 Å². The van der Waals surface area contributed by atoms with Crippen molar-refractivity contribution < 1.29 is 9.59 Å². The van der Waals surface area contributed by atoms with Gasteiger partial charge in [0.25, 0.3) is 5.91 Å². The van der Waals surface area contributed by atoms with E-state index < -0.39 is 5.91 Å². The van der Waals surface area contributed by atoms with Crippen LogP contribution in [0.15, 0.2) is 53.5 Å². The molecule has 0 saturated carbocycles. The number of nitrogens with zero attached hydrogens (tertiary/aromatic N) is 1. The highest BCUT2D eigenvalue weighted by molar-refractivity contribution is 6.06. The van der Waals surface area contributed by atoms with Crippen LogP contribution in [0.3, 0.4) is 0 Å². The molecular formula is C21H21N3O3. The first-order valence-corrected chi connectivity index (χ1v) is 8.72. The smallest absolute Gasteiger partial charge is 0.261 e. The summed E-state index contributed by atoms with van der Waals surface area (Å²) in [5.41, 5.74) is 2.62. The molecule has 2 N–H and O–H groups in total. The van der Waals surface area contributed by atoms with Gasteiger partial charge < -0.3 is 15.2 Å². The van der Waals surface area contributed by atoms with Gasteiger partial charge in [0.2, 0.25) is 11.3 Å². The SMILES string of the molecule is CCn1cc(C(=O)Nc2cccc(NC(C)=O)c2)c(=O)c2cc(C)ccc21. The molecule has 0 bridgehead atoms. The summed E-state index contributed by atoms with van der Waals surface area (Å²) in [5, 5.41) is 5.93. The third-order valence-corrected chi connectivity index (χ3v) is 4.26. The molecule has 2 aromatic carbocycles. The van der Waals surface area contributed by atoms with E-state index >= 15 is 0 Å². The number of hydrogen-bond donors (Lipinski definition) is 2. The summed E-state index contributed by atoms with van der Waals surface area (Å²) in [5.74, 6) is -0.681. The van der Waals surface area contributed by atoms with Gasteiger partial charge in [0, 0.05) is 36.4 Å². The summed E-state index contributed by atoms with van der Waals surface area (Å²) in [7, 11) is 0. The summed E-state index contributed by atoms with van der Waals surface area (Å²) in [6, 6.07) is 12.4.